The van der Waals surface area contributed by atoms with E-state index >= 15 is 0 Å². The molecule has 0 radical (unpaired) electrons. The van der Waals surface area contributed by atoms with E-state index in [1.165, 1.54) is 17.0 Å². The molecule has 2 rings (SSSR count). The second kappa shape index (κ2) is 5.64. The van der Waals surface area contributed by atoms with Crippen molar-refractivity contribution < 1.29 is 14.0 Å². The van der Waals surface area contributed by atoms with Crippen LogP contribution in [0.2, 0.25) is 5.02 Å². The maximum atomic E-state index is 13.5. The van der Waals surface area contributed by atoms with E-state index in [0.29, 0.717) is 5.56 Å². The van der Waals surface area contributed by atoms with Crippen LogP contribution in [0.1, 0.15) is 26.3 Å². The number of carbonyl (C=O) groups is 2. The Morgan fingerprint density at radius 1 is 1.38 bits per heavy atom. The molecule has 114 valence electrons. The molecule has 4 nitrogen and oxygen atoms in total. The molecule has 1 unspecified atom stereocenters. The number of amides is 2. The normalized spacial score (nSPS) is 19.7. The molecule has 0 bridgehead atoms. The molecule has 1 saturated heterocycles. The fraction of sp³-hybridized carbons (Fsp3) is 0.467. The first kappa shape index (κ1) is 15.8. The minimum absolute atomic E-state index is 0.0106. The van der Waals surface area contributed by atoms with Crippen molar-refractivity contribution in [3.05, 3.63) is 34.6 Å². The molecule has 1 aromatic rings. The summed E-state index contributed by atoms with van der Waals surface area (Å²) in [4.78, 5) is 25.7. The Labute approximate surface area is 128 Å². The molecule has 1 fully saturated rings. The third kappa shape index (κ3) is 3.35. The van der Waals surface area contributed by atoms with E-state index in [1.54, 1.807) is 6.07 Å². The largest absolute Gasteiger partial charge is 0.342 e. The highest BCUT2D eigenvalue weighted by Crippen LogP contribution is 2.26. The van der Waals surface area contributed by atoms with Crippen LogP contribution < -0.4 is 5.32 Å². The Hall–Kier alpha value is -1.62. The summed E-state index contributed by atoms with van der Waals surface area (Å²) in [6.45, 7) is 5.73. The molecule has 1 aromatic carbocycles. The van der Waals surface area contributed by atoms with Crippen LogP contribution in [0.25, 0.3) is 0 Å². The van der Waals surface area contributed by atoms with Crippen molar-refractivity contribution in [3.8, 4) is 0 Å². The lowest BCUT2D eigenvalue weighted by atomic mass is 9.84. The number of carbonyl (C=O) groups excluding carboxylic acids is 2. The zero-order valence-electron chi connectivity index (χ0n) is 12.2. The van der Waals surface area contributed by atoms with Gasteiger partial charge in [-0.3, -0.25) is 9.59 Å². The van der Waals surface area contributed by atoms with Gasteiger partial charge in [0.15, 0.2) is 0 Å². The Morgan fingerprint density at radius 3 is 2.67 bits per heavy atom. The van der Waals surface area contributed by atoms with E-state index in [0.717, 1.165) is 0 Å². The Balaban J connectivity index is 2.25. The Kier molecular flexibility index (Phi) is 4.23. The molecule has 2 amide bonds. The topological polar surface area (TPSA) is 49.4 Å². The predicted molar refractivity (Wildman–Crippen MR) is 78.2 cm³/mol. The SMILES string of the molecule is CC(C)(C)C1NC(=O)CN(Cc2cccc(F)c2Cl)C1=O. The van der Waals surface area contributed by atoms with Crippen LogP contribution in [0.5, 0.6) is 0 Å². The minimum Gasteiger partial charge on any atom is -0.342 e. The molecule has 1 heterocycles. The van der Waals surface area contributed by atoms with Gasteiger partial charge in [-0.2, -0.15) is 0 Å². The first-order valence-corrected chi connectivity index (χ1v) is 7.09. The monoisotopic (exact) mass is 312 g/mol. The van der Waals surface area contributed by atoms with Gasteiger partial charge in [0.25, 0.3) is 0 Å². The number of rotatable bonds is 2. The first-order valence-electron chi connectivity index (χ1n) is 6.71. The molecule has 1 N–H and O–H groups in total. The minimum atomic E-state index is -0.592. The van der Waals surface area contributed by atoms with Gasteiger partial charge in [0.05, 0.1) is 11.6 Å². The predicted octanol–water partition coefficient (Wildman–Crippen LogP) is 2.35. The molecular formula is C15H18ClFN2O2. The number of nitrogens with one attached hydrogen (secondary N) is 1. The average Bonchev–Trinajstić information content (AvgIpc) is 2.37. The smallest absolute Gasteiger partial charge is 0.246 e. The lowest BCUT2D eigenvalue weighted by molar-refractivity contribution is -0.147. The molecule has 21 heavy (non-hydrogen) atoms. The number of nitrogens with zero attached hydrogens (tertiary/aromatic N) is 1. The van der Waals surface area contributed by atoms with Crippen LogP contribution >= 0.6 is 11.6 Å². The van der Waals surface area contributed by atoms with Crippen molar-refractivity contribution >= 4 is 23.4 Å². The number of benzene rings is 1. The molecule has 1 aliphatic heterocycles. The van der Waals surface area contributed by atoms with E-state index in [1.807, 2.05) is 20.8 Å². The number of hydrogen-bond acceptors (Lipinski definition) is 2. The Morgan fingerprint density at radius 2 is 2.05 bits per heavy atom. The molecular weight excluding hydrogens is 295 g/mol. The fourth-order valence-electron chi connectivity index (χ4n) is 2.30. The summed E-state index contributed by atoms with van der Waals surface area (Å²) < 4.78 is 13.5. The van der Waals surface area contributed by atoms with Crippen molar-refractivity contribution in [2.75, 3.05) is 6.54 Å². The molecule has 0 aliphatic carbocycles. The summed E-state index contributed by atoms with van der Waals surface area (Å²) in [6.07, 6.45) is 0. The highest BCUT2D eigenvalue weighted by molar-refractivity contribution is 6.31. The molecule has 6 heteroatoms. The highest BCUT2D eigenvalue weighted by atomic mass is 35.5. The van der Waals surface area contributed by atoms with E-state index in [4.69, 9.17) is 11.6 Å². The lowest BCUT2D eigenvalue weighted by Gasteiger charge is -2.39. The lowest BCUT2D eigenvalue weighted by Crippen LogP contribution is -2.61. The summed E-state index contributed by atoms with van der Waals surface area (Å²) in [5.41, 5.74) is 0.101. The molecule has 0 spiro atoms. The Bertz CT molecular complexity index is 584. The summed E-state index contributed by atoms with van der Waals surface area (Å²) in [5.74, 6) is -0.931. The van der Waals surface area contributed by atoms with Gasteiger partial charge in [-0.05, 0) is 17.0 Å². The summed E-state index contributed by atoms with van der Waals surface area (Å²) >= 11 is 5.91. The third-order valence-electron chi connectivity index (χ3n) is 3.46. The third-order valence-corrected chi connectivity index (χ3v) is 3.88. The van der Waals surface area contributed by atoms with Crippen molar-refractivity contribution in [3.63, 3.8) is 0 Å². The van der Waals surface area contributed by atoms with Gasteiger partial charge in [-0.15, -0.1) is 0 Å². The molecule has 0 aromatic heterocycles. The first-order chi connectivity index (χ1) is 9.70. The molecule has 1 atom stereocenters. The van der Waals surface area contributed by atoms with Crippen LogP contribution in [0.15, 0.2) is 18.2 Å². The van der Waals surface area contributed by atoms with Crippen LogP contribution in [-0.4, -0.2) is 29.3 Å². The van der Waals surface area contributed by atoms with E-state index in [2.05, 4.69) is 5.32 Å². The summed E-state index contributed by atoms with van der Waals surface area (Å²) in [5, 5.41) is 2.70. The van der Waals surface area contributed by atoms with Gasteiger partial charge < -0.3 is 10.2 Å². The van der Waals surface area contributed by atoms with Crippen LogP contribution in [0, 0.1) is 11.2 Å². The van der Waals surface area contributed by atoms with Crippen molar-refractivity contribution in [2.24, 2.45) is 5.41 Å². The van der Waals surface area contributed by atoms with Gasteiger partial charge in [0.1, 0.15) is 11.9 Å². The van der Waals surface area contributed by atoms with E-state index in [-0.39, 0.29) is 29.9 Å². The van der Waals surface area contributed by atoms with E-state index < -0.39 is 17.3 Å². The maximum absolute atomic E-state index is 13.5. The fourth-order valence-corrected chi connectivity index (χ4v) is 2.48. The average molecular weight is 313 g/mol. The number of piperazine rings is 1. The molecule has 1 aliphatic rings. The second-order valence-corrected chi connectivity index (χ2v) is 6.65. The number of halogens is 2. The molecule has 0 saturated carbocycles. The van der Waals surface area contributed by atoms with E-state index in [9.17, 15) is 14.0 Å². The van der Waals surface area contributed by atoms with Crippen LogP contribution in [0.3, 0.4) is 0 Å². The van der Waals surface area contributed by atoms with Gasteiger partial charge >= 0.3 is 0 Å². The number of hydrogen-bond donors (Lipinski definition) is 1. The highest BCUT2D eigenvalue weighted by Gasteiger charge is 2.39. The zero-order valence-corrected chi connectivity index (χ0v) is 13.0. The van der Waals surface area contributed by atoms with Crippen LogP contribution in [-0.2, 0) is 16.1 Å². The zero-order chi connectivity index (χ0) is 15.8. The van der Waals surface area contributed by atoms with Crippen molar-refractivity contribution in [1.29, 1.82) is 0 Å². The second-order valence-electron chi connectivity index (χ2n) is 6.27. The summed E-state index contributed by atoms with van der Waals surface area (Å²) in [6, 6.07) is 3.85. The van der Waals surface area contributed by atoms with Crippen molar-refractivity contribution in [2.45, 2.75) is 33.4 Å². The maximum Gasteiger partial charge on any atom is 0.246 e. The summed E-state index contributed by atoms with van der Waals surface area (Å²) in [7, 11) is 0. The van der Waals surface area contributed by atoms with Gasteiger partial charge in [0, 0.05) is 6.54 Å². The standard InChI is InChI=1S/C15H18ClFN2O2/c1-15(2,3)13-14(21)19(8-11(20)18-13)7-9-5-4-6-10(17)12(9)16/h4-6,13H,7-8H2,1-3H3,(H,18,20). The van der Waals surface area contributed by atoms with Crippen molar-refractivity contribution in [1.82, 2.24) is 10.2 Å². The van der Waals surface area contributed by atoms with Gasteiger partial charge in [-0.1, -0.05) is 44.5 Å². The quantitative estimate of drug-likeness (QED) is 0.911. The van der Waals surface area contributed by atoms with Gasteiger partial charge in [0.2, 0.25) is 11.8 Å². The van der Waals surface area contributed by atoms with Crippen LogP contribution in [0.4, 0.5) is 4.39 Å². The van der Waals surface area contributed by atoms with Gasteiger partial charge in [-0.25, -0.2) is 4.39 Å².